The van der Waals surface area contributed by atoms with Crippen molar-refractivity contribution in [2.45, 2.75) is 6.10 Å². The van der Waals surface area contributed by atoms with Gasteiger partial charge < -0.3 is 48.2 Å². The number of hydrogen-bond donors (Lipinski definition) is 9. The minimum Gasteiger partial charge on any atom is -0.394 e. The van der Waals surface area contributed by atoms with Gasteiger partial charge in [0.15, 0.2) is 0 Å². The van der Waals surface area contributed by atoms with Gasteiger partial charge in [-0.25, -0.2) is 0 Å². The van der Waals surface area contributed by atoms with Crippen LogP contribution in [0.5, 0.6) is 0 Å². The van der Waals surface area contributed by atoms with E-state index < -0.39 is 24.2 Å². The van der Waals surface area contributed by atoms with Crippen molar-refractivity contribution in [3.63, 3.8) is 0 Å². The van der Waals surface area contributed by atoms with Gasteiger partial charge in [-0.2, -0.15) is 0 Å². The van der Waals surface area contributed by atoms with E-state index >= 15 is 0 Å². The summed E-state index contributed by atoms with van der Waals surface area (Å²) in [5.74, 6) is 0. The molecule has 10 nitrogen and oxygen atoms in total. The Morgan fingerprint density at radius 3 is 1.07 bits per heavy atom. The molecular weight excluding hydrogens is 252 g/mol. The van der Waals surface area contributed by atoms with E-state index in [0.717, 1.165) is 0 Å². The smallest absolute Gasteiger partial charge is 0.394 e. The van der Waals surface area contributed by atoms with Crippen molar-refractivity contribution in [3.8, 4) is 0 Å². The summed E-state index contributed by atoms with van der Waals surface area (Å²) in [4.78, 5) is 47.6. The molecule has 0 spiro atoms. The predicted molar refractivity (Wildman–Crippen MR) is 46.1 cm³/mol. The summed E-state index contributed by atoms with van der Waals surface area (Å²) in [5.41, 5.74) is 0. The molecule has 0 unspecified atom stereocenters. The molecule has 0 rings (SSSR count). The fourth-order valence-corrected chi connectivity index (χ4v) is 1.71. The normalized spacial score (nSPS) is 12.4. The zero-order valence-corrected chi connectivity index (χ0v) is 9.42. The molecule has 0 heterocycles. The van der Waals surface area contributed by atoms with Crippen LogP contribution in [0.4, 0.5) is 0 Å². The van der Waals surface area contributed by atoms with Gasteiger partial charge >= 0.3 is 18.1 Å². The number of hydrogen-bond acceptors (Lipinski definition) is 10. The van der Waals surface area contributed by atoms with Gasteiger partial charge in [0.25, 0.3) is 0 Å². The SMILES string of the molecule is OCC(O)CO.O[Si](O)(O)O[Si](O)(O)O. The Balaban J connectivity index is 0. The van der Waals surface area contributed by atoms with Crippen molar-refractivity contribution < 1.29 is 48.2 Å². The van der Waals surface area contributed by atoms with Crippen molar-refractivity contribution in [1.29, 1.82) is 0 Å². The van der Waals surface area contributed by atoms with E-state index in [-0.39, 0.29) is 13.2 Å². The maximum absolute atomic E-state index is 8.17. The highest BCUT2D eigenvalue weighted by atomic mass is 28.5. The van der Waals surface area contributed by atoms with E-state index in [2.05, 4.69) is 4.12 Å². The second-order valence-corrected chi connectivity index (χ2v) is 5.38. The Kier molecular flexibility index (Phi) is 8.52. The van der Waals surface area contributed by atoms with Crippen LogP contribution in [0, 0.1) is 0 Å². The van der Waals surface area contributed by atoms with Crippen LogP contribution in [-0.2, 0) is 4.12 Å². The highest BCUT2D eigenvalue weighted by Gasteiger charge is 2.45. The van der Waals surface area contributed by atoms with Crippen LogP contribution >= 0.6 is 0 Å². The Morgan fingerprint density at radius 2 is 1.07 bits per heavy atom. The van der Waals surface area contributed by atoms with Gasteiger partial charge in [0.2, 0.25) is 0 Å². The fraction of sp³-hybridized carbons (Fsp3) is 1.00. The first kappa shape index (κ1) is 17.4. The average molecular weight is 266 g/mol. The van der Waals surface area contributed by atoms with E-state index in [9.17, 15) is 0 Å². The fourth-order valence-electron chi connectivity index (χ4n) is 0.241. The Bertz CT molecular complexity index is 134. The van der Waals surface area contributed by atoms with Crippen LogP contribution in [-0.4, -0.2) is 81.5 Å². The second-order valence-electron chi connectivity index (χ2n) is 2.27. The lowest BCUT2D eigenvalue weighted by molar-refractivity contribution is 0.0406. The van der Waals surface area contributed by atoms with Crippen LogP contribution in [0.2, 0.25) is 0 Å². The zero-order chi connectivity index (χ0) is 12.7. The Morgan fingerprint density at radius 1 is 0.800 bits per heavy atom. The molecule has 0 aromatic rings. The van der Waals surface area contributed by atoms with Crippen LogP contribution in [0.15, 0.2) is 0 Å². The Hall–Kier alpha value is 0.0338. The van der Waals surface area contributed by atoms with E-state index in [0.29, 0.717) is 0 Å². The molecule has 94 valence electrons. The molecule has 0 aromatic carbocycles. The van der Waals surface area contributed by atoms with Crippen molar-refractivity contribution in [2.24, 2.45) is 0 Å². The Labute approximate surface area is 86.5 Å². The molecule has 9 N–H and O–H groups in total. The molecule has 0 aromatic heterocycles. The summed E-state index contributed by atoms with van der Waals surface area (Å²) >= 11 is 0. The molecule has 0 bridgehead atoms. The molecule has 15 heavy (non-hydrogen) atoms. The second kappa shape index (κ2) is 7.33. The number of aliphatic hydroxyl groups excluding tert-OH is 3. The lowest BCUT2D eigenvalue weighted by Gasteiger charge is -2.13. The molecule has 0 fully saturated rings. The van der Waals surface area contributed by atoms with Crippen molar-refractivity contribution in [2.75, 3.05) is 13.2 Å². The predicted octanol–water partition coefficient (Wildman–Crippen LogP) is -5.84. The summed E-state index contributed by atoms with van der Waals surface area (Å²) in [6.07, 6.45) is -0.954. The third-order valence-corrected chi connectivity index (χ3v) is 2.89. The van der Waals surface area contributed by atoms with Gasteiger partial charge in [0.1, 0.15) is 6.10 Å². The first-order valence-corrected chi connectivity index (χ1v) is 6.96. The summed E-state index contributed by atoms with van der Waals surface area (Å²) in [5, 5.41) is 24.0. The van der Waals surface area contributed by atoms with Crippen molar-refractivity contribution >= 4 is 18.1 Å². The van der Waals surface area contributed by atoms with Crippen LogP contribution in [0.3, 0.4) is 0 Å². The number of rotatable bonds is 4. The van der Waals surface area contributed by atoms with Crippen molar-refractivity contribution in [3.05, 3.63) is 0 Å². The molecule has 12 heteroatoms. The highest BCUT2D eigenvalue weighted by Crippen LogP contribution is 1.95. The van der Waals surface area contributed by atoms with Gasteiger partial charge in [0, 0.05) is 0 Å². The van der Waals surface area contributed by atoms with Gasteiger partial charge in [-0.15, -0.1) is 0 Å². The minimum atomic E-state index is -4.98. The van der Waals surface area contributed by atoms with E-state index in [1.165, 1.54) is 0 Å². The molecule has 0 amide bonds. The zero-order valence-electron chi connectivity index (χ0n) is 7.42. The van der Waals surface area contributed by atoms with E-state index in [1.54, 1.807) is 0 Å². The topological polar surface area (TPSA) is 191 Å². The molecular formula is C3H14O10Si2. The van der Waals surface area contributed by atoms with Gasteiger partial charge in [-0.3, -0.25) is 0 Å². The van der Waals surface area contributed by atoms with Gasteiger partial charge in [-0.05, 0) is 0 Å². The van der Waals surface area contributed by atoms with Gasteiger partial charge in [0.05, 0.1) is 13.2 Å². The van der Waals surface area contributed by atoms with Crippen LogP contribution < -0.4 is 0 Å². The molecule has 0 aliphatic carbocycles. The molecule has 0 saturated heterocycles. The van der Waals surface area contributed by atoms with E-state index in [1.807, 2.05) is 0 Å². The summed E-state index contributed by atoms with van der Waals surface area (Å²) in [6, 6.07) is 0. The molecule has 0 saturated carbocycles. The summed E-state index contributed by atoms with van der Waals surface area (Å²) in [7, 11) is -9.96. The number of aliphatic hydroxyl groups is 3. The summed E-state index contributed by atoms with van der Waals surface area (Å²) in [6.45, 7) is -0.729. The summed E-state index contributed by atoms with van der Waals surface area (Å²) < 4.78 is 3.24. The van der Waals surface area contributed by atoms with Crippen LogP contribution in [0.1, 0.15) is 0 Å². The maximum atomic E-state index is 8.17. The quantitative estimate of drug-likeness (QED) is 0.221. The maximum Gasteiger partial charge on any atom is 0.665 e. The first-order chi connectivity index (χ1) is 6.52. The van der Waals surface area contributed by atoms with Crippen molar-refractivity contribution in [1.82, 2.24) is 0 Å². The third kappa shape index (κ3) is 20.2. The first-order valence-electron chi connectivity index (χ1n) is 3.46. The highest BCUT2D eigenvalue weighted by molar-refractivity contribution is 6.63. The monoisotopic (exact) mass is 266 g/mol. The van der Waals surface area contributed by atoms with Crippen LogP contribution in [0.25, 0.3) is 0 Å². The molecule has 0 aliphatic heterocycles. The molecule has 0 aliphatic rings. The third-order valence-electron chi connectivity index (χ3n) is 0.695. The molecule has 0 atom stereocenters. The lowest BCUT2D eigenvalue weighted by atomic mass is 10.4. The standard InChI is InChI=1S/C3H8O3.H6O7Si2/c4-1-3(6)2-5;1-8(2,3)7-9(4,5)6/h3-6H,1-2H2;1-6H. The van der Waals surface area contributed by atoms with Gasteiger partial charge in [-0.1, -0.05) is 0 Å². The largest absolute Gasteiger partial charge is 0.665 e. The average Bonchev–Trinajstić information content (AvgIpc) is 1.97. The molecule has 0 radical (unpaired) electrons. The minimum absolute atomic E-state index is 0.365. The van der Waals surface area contributed by atoms with E-state index in [4.69, 9.17) is 44.1 Å². The lowest BCUT2D eigenvalue weighted by Crippen LogP contribution is -2.53.